The van der Waals surface area contributed by atoms with Crippen LogP contribution < -0.4 is 10.6 Å². The maximum absolute atomic E-state index is 12.8. The molecular formula is C33H41N3O4. The molecule has 0 radical (unpaired) electrons. The van der Waals surface area contributed by atoms with E-state index in [0.717, 1.165) is 16.9 Å². The van der Waals surface area contributed by atoms with Gasteiger partial charge in [-0.25, -0.2) is 4.79 Å². The van der Waals surface area contributed by atoms with Crippen molar-refractivity contribution in [2.24, 2.45) is 5.92 Å². The summed E-state index contributed by atoms with van der Waals surface area (Å²) in [6.07, 6.45) is 0.291. The Labute approximate surface area is 237 Å². The summed E-state index contributed by atoms with van der Waals surface area (Å²) < 4.78 is 11.2. The number of amides is 1. The van der Waals surface area contributed by atoms with E-state index in [0.29, 0.717) is 26.1 Å². The summed E-state index contributed by atoms with van der Waals surface area (Å²) in [5, 5.41) is 7.15. The number of aryl methyl sites for hydroxylation is 2. The Balaban J connectivity index is 1.38. The van der Waals surface area contributed by atoms with Gasteiger partial charge in [0.2, 0.25) is 0 Å². The first-order chi connectivity index (χ1) is 19.1. The van der Waals surface area contributed by atoms with Gasteiger partial charge in [0.05, 0.1) is 23.3 Å². The average molecular weight is 544 g/mol. The number of anilines is 2. The number of ether oxygens (including phenoxy) is 2. The molecule has 1 heterocycles. The van der Waals surface area contributed by atoms with Crippen LogP contribution in [0.1, 0.15) is 43.0 Å². The maximum Gasteiger partial charge on any atom is 0.410 e. The van der Waals surface area contributed by atoms with E-state index in [1.54, 1.807) is 0 Å². The van der Waals surface area contributed by atoms with Gasteiger partial charge in [0.25, 0.3) is 0 Å². The van der Waals surface area contributed by atoms with E-state index in [9.17, 15) is 9.59 Å². The lowest BCUT2D eigenvalue weighted by molar-refractivity contribution is -0.154. The van der Waals surface area contributed by atoms with E-state index in [2.05, 4.69) is 73.0 Å². The third-order valence-electron chi connectivity index (χ3n) is 6.79. The monoisotopic (exact) mass is 543 g/mol. The minimum atomic E-state index is -0.567. The Hall–Kier alpha value is -4.00. The van der Waals surface area contributed by atoms with Crippen molar-refractivity contribution < 1.29 is 19.1 Å². The van der Waals surface area contributed by atoms with Gasteiger partial charge < -0.3 is 25.0 Å². The molecule has 3 aromatic rings. The quantitative estimate of drug-likeness (QED) is 0.290. The fourth-order valence-electron chi connectivity index (χ4n) is 4.45. The zero-order valence-electron chi connectivity index (χ0n) is 24.2. The van der Waals surface area contributed by atoms with Gasteiger partial charge in [0.1, 0.15) is 12.2 Å². The first-order valence-electron chi connectivity index (χ1n) is 13.9. The van der Waals surface area contributed by atoms with Crippen LogP contribution in [0.4, 0.5) is 16.2 Å². The van der Waals surface area contributed by atoms with E-state index >= 15 is 0 Å². The van der Waals surface area contributed by atoms with Crippen molar-refractivity contribution in [1.82, 2.24) is 4.90 Å². The zero-order valence-corrected chi connectivity index (χ0v) is 24.2. The summed E-state index contributed by atoms with van der Waals surface area (Å²) in [6, 6.07) is 24.8. The molecular weight excluding hydrogens is 502 g/mol. The van der Waals surface area contributed by atoms with Gasteiger partial charge in [-0.15, -0.1) is 0 Å². The average Bonchev–Trinajstić information content (AvgIpc) is 2.87. The van der Waals surface area contributed by atoms with Gasteiger partial charge in [-0.1, -0.05) is 71.8 Å². The molecule has 2 N–H and O–H groups in total. The Morgan fingerprint density at radius 2 is 1.45 bits per heavy atom. The molecule has 3 aromatic carbocycles. The lowest BCUT2D eigenvalue weighted by Gasteiger charge is -2.38. The molecule has 7 heteroatoms. The minimum absolute atomic E-state index is 0.143. The molecule has 0 saturated carbocycles. The van der Waals surface area contributed by atoms with Crippen molar-refractivity contribution >= 4 is 23.4 Å². The van der Waals surface area contributed by atoms with Crippen LogP contribution in [0.2, 0.25) is 0 Å². The second-order valence-corrected chi connectivity index (χ2v) is 11.6. The number of esters is 1. The number of para-hydroxylation sites is 2. The van der Waals surface area contributed by atoms with Gasteiger partial charge in [-0.05, 0) is 64.3 Å². The Bertz CT molecular complexity index is 1280. The SMILES string of the molecule is Cc1ccc(CNc2ccccc2NC(COC(=O)C2CN(C(=O)OC(C)(C)C)C2)Cc2ccc(C)cc2)cc1. The smallest absolute Gasteiger partial charge is 0.410 e. The highest BCUT2D eigenvalue weighted by Gasteiger charge is 2.39. The van der Waals surface area contributed by atoms with Gasteiger partial charge in [0, 0.05) is 19.6 Å². The lowest BCUT2D eigenvalue weighted by atomic mass is 10.0. The largest absolute Gasteiger partial charge is 0.463 e. The molecule has 4 rings (SSSR count). The fourth-order valence-corrected chi connectivity index (χ4v) is 4.45. The molecule has 0 aliphatic carbocycles. The first kappa shape index (κ1) is 29.0. The summed E-state index contributed by atoms with van der Waals surface area (Å²) >= 11 is 0. The van der Waals surface area contributed by atoms with E-state index in [1.165, 1.54) is 21.6 Å². The topological polar surface area (TPSA) is 79.9 Å². The summed E-state index contributed by atoms with van der Waals surface area (Å²) in [5.74, 6) is -0.627. The third-order valence-corrected chi connectivity index (χ3v) is 6.79. The van der Waals surface area contributed by atoms with Crippen molar-refractivity contribution in [3.05, 3.63) is 95.1 Å². The van der Waals surface area contributed by atoms with Gasteiger partial charge in [0.15, 0.2) is 0 Å². The van der Waals surface area contributed by atoms with Crippen LogP contribution >= 0.6 is 0 Å². The number of likely N-dealkylation sites (tertiary alicyclic amines) is 1. The van der Waals surface area contributed by atoms with Crippen LogP contribution in [0.15, 0.2) is 72.8 Å². The number of rotatable bonds is 10. The zero-order chi connectivity index (χ0) is 28.7. The number of nitrogens with zero attached hydrogens (tertiary/aromatic N) is 1. The Morgan fingerprint density at radius 3 is 2.05 bits per heavy atom. The molecule has 0 bridgehead atoms. The summed E-state index contributed by atoms with van der Waals surface area (Å²) in [6.45, 7) is 11.2. The predicted octanol–water partition coefficient (Wildman–Crippen LogP) is 6.35. The Kier molecular flexibility index (Phi) is 9.35. The Morgan fingerprint density at radius 1 is 0.875 bits per heavy atom. The molecule has 1 fully saturated rings. The first-order valence-corrected chi connectivity index (χ1v) is 13.9. The standard InChI is InChI=1S/C33H41N3O4/c1-23-10-14-25(15-11-23)18-28(22-39-31(37)27-20-36(21-27)32(38)40-33(3,4)5)35-30-9-7-6-8-29(30)34-19-26-16-12-24(2)13-17-26/h6-17,27-28,34-35H,18-22H2,1-5H3. The van der Waals surface area contributed by atoms with Gasteiger partial charge in [-0.3, -0.25) is 4.79 Å². The van der Waals surface area contributed by atoms with E-state index in [1.807, 2.05) is 45.0 Å². The number of hydrogen-bond donors (Lipinski definition) is 2. The molecule has 0 spiro atoms. The maximum atomic E-state index is 12.8. The van der Waals surface area contributed by atoms with Crippen molar-refractivity contribution in [3.63, 3.8) is 0 Å². The van der Waals surface area contributed by atoms with Gasteiger partial charge >= 0.3 is 12.1 Å². The number of hydrogen-bond acceptors (Lipinski definition) is 6. The molecule has 0 aromatic heterocycles. The number of benzene rings is 3. The number of carbonyl (C=O) groups excluding carboxylic acids is 2. The van der Waals surface area contributed by atoms with E-state index in [4.69, 9.17) is 9.47 Å². The van der Waals surface area contributed by atoms with Crippen LogP contribution in [-0.2, 0) is 27.2 Å². The molecule has 1 aliphatic heterocycles. The molecule has 1 unspecified atom stereocenters. The molecule has 7 nitrogen and oxygen atoms in total. The summed E-state index contributed by atoms with van der Waals surface area (Å²) in [5.41, 5.74) is 6.15. The highest BCUT2D eigenvalue weighted by Crippen LogP contribution is 2.25. The van der Waals surface area contributed by atoms with Crippen molar-refractivity contribution in [2.75, 3.05) is 30.3 Å². The minimum Gasteiger partial charge on any atom is -0.463 e. The second-order valence-electron chi connectivity index (χ2n) is 11.6. The third kappa shape index (κ3) is 8.50. The normalized spacial score (nSPS) is 14.2. The number of carbonyl (C=O) groups is 2. The summed E-state index contributed by atoms with van der Waals surface area (Å²) in [4.78, 5) is 26.6. The molecule has 40 heavy (non-hydrogen) atoms. The predicted molar refractivity (Wildman–Crippen MR) is 159 cm³/mol. The highest BCUT2D eigenvalue weighted by molar-refractivity contribution is 5.78. The molecule has 1 atom stereocenters. The lowest BCUT2D eigenvalue weighted by Crippen LogP contribution is -2.54. The van der Waals surface area contributed by atoms with Crippen LogP contribution in [0.5, 0.6) is 0 Å². The van der Waals surface area contributed by atoms with Crippen LogP contribution in [0, 0.1) is 19.8 Å². The second kappa shape index (κ2) is 12.9. The van der Waals surface area contributed by atoms with E-state index in [-0.39, 0.29) is 24.5 Å². The van der Waals surface area contributed by atoms with Crippen LogP contribution in [-0.4, -0.2) is 48.3 Å². The molecule has 1 amide bonds. The fraction of sp³-hybridized carbons (Fsp3) is 0.394. The molecule has 212 valence electrons. The molecule has 1 saturated heterocycles. The van der Waals surface area contributed by atoms with E-state index < -0.39 is 11.7 Å². The van der Waals surface area contributed by atoms with Crippen molar-refractivity contribution in [1.29, 1.82) is 0 Å². The molecule has 1 aliphatic rings. The number of nitrogens with one attached hydrogen (secondary N) is 2. The van der Waals surface area contributed by atoms with Crippen molar-refractivity contribution in [3.8, 4) is 0 Å². The van der Waals surface area contributed by atoms with Crippen molar-refractivity contribution in [2.45, 2.75) is 59.2 Å². The van der Waals surface area contributed by atoms with Gasteiger partial charge in [-0.2, -0.15) is 0 Å². The van der Waals surface area contributed by atoms with Crippen LogP contribution in [0.25, 0.3) is 0 Å². The summed E-state index contributed by atoms with van der Waals surface area (Å²) in [7, 11) is 0. The highest BCUT2D eigenvalue weighted by atomic mass is 16.6. The van der Waals surface area contributed by atoms with Crippen LogP contribution in [0.3, 0.4) is 0 Å².